The zero-order chi connectivity index (χ0) is 17.8. The maximum atomic E-state index is 12.2. The monoisotopic (exact) mass is 400 g/mol. The smallest absolute Gasteiger partial charge is 0.413 e. The highest BCUT2D eigenvalue weighted by atomic mass is 79.9. The van der Waals surface area contributed by atoms with Crippen molar-refractivity contribution in [1.82, 2.24) is 15.0 Å². The molecular weight excluding hydrogens is 384 g/mol. The Kier molecular flexibility index (Phi) is 5.14. The van der Waals surface area contributed by atoms with Gasteiger partial charge in [-0.3, -0.25) is 5.32 Å². The van der Waals surface area contributed by atoms with Gasteiger partial charge in [0.25, 0.3) is 0 Å². The van der Waals surface area contributed by atoms with E-state index in [9.17, 15) is 4.79 Å². The third-order valence-electron chi connectivity index (χ3n) is 3.60. The van der Waals surface area contributed by atoms with Crippen molar-refractivity contribution < 1.29 is 9.53 Å². The third-order valence-corrected chi connectivity index (χ3v) is 4.13. The largest absolute Gasteiger partial charge is 0.441 e. The second-order valence-electron chi connectivity index (χ2n) is 5.48. The van der Waals surface area contributed by atoms with Gasteiger partial charge in [-0.05, 0) is 24.6 Å². The van der Waals surface area contributed by atoms with Crippen LogP contribution in [0.5, 0.6) is 0 Å². The van der Waals surface area contributed by atoms with Gasteiger partial charge < -0.3 is 4.74 Å². The second kappa shape index (κ2) is 7.48. The molecule has 7 heteroatoms. The lowest BCUT2D eigenvalue weighted by atomic mass is 10.1. The molecule has 0 aliphatic rings. The van der Waals surface area contributed by atoms with Crippen LogP contribution in [0.15, 0.2) is 59.1 Å². The first-order valence-electron chi connectivity index (χ1n) is 7.73. The molecule has 0 saturated heterocycles. The highest BCUT2D eigenvalue weighted by molar-refractivity contribution is 9.10. The van der Waals surface area contributed by atoms with Crippen LogP contribution in [0.25, 0.3) is 11.3 Å². The number of aromatic nitrogens is 3. The zero-order valence-electron chi connectivity index (χ0n) is 13.8. The average molecular weight is 401 g/mol. The van der Waals surface area contributed by atoms with Crippen LogP contribution in [0, 0.1) is 0 Å². The Morgan fingerprint density at radius 1 is 1.12 bits per heavy atom. The summed E-state index contributed by atoms with van der Waals surface area (Å²) in [4.78, 5) is 13.6. The van der Waals surface area contributed by atoms with Crippen molar-refractivity contribution in [2.45, 2.75) is 13.0 Å². The van der Waals surface area contributed by atoms with E-state index in [1.165, 1.54) is 4.80 Å². The number of nitrogens with zero attached hydrogens (tertiary/aromatic N) is 3. The van der Waals surface area contributed by atoms with Crippen molar-refractivity contribution in [2.24, 2.45) is 7.05 Å². The number of benzene rings is 2. The molecule has 3 aromatic rings. The van der Waals surface area contributed by atoms with Gasteiger partial charge in [-0.25, -0.2) is 4.79 Å². The number of rotatable bonds is 4. The van der Waals surface area contributed by atoms with E-state index >= 15 is 0 Å². The zero-order valence-corrected chi connectivity index (χ0v) is 15.4. The van der Waals surface area contributed by atoms with Crippen molar-refractivity contribution in [3.8, 4) is 11.3 Å². The van der Waals surface area contributed by atoms with Crippen LogP contribution in [0.1, 0.15) is 18.6 Å². The molecule has 1 atom stereocenters. The third kappa shape index (κ3) is 4.24. The predicted octanol–water partition coefficient (Wildman–Crippen LogP) is 4.55. The lowest BCUT2D eigenvalue weighted by Gasteiger charge is -2.13. The summed E-state index contributed by atoms with van der Waals surface area (Å²) in [5.41, 5.74) is 2.35. The second-order valence-corrected chi connectivity index (χ2v) is 6.39. The SMILES string of the molecule is CC(OC(=O)Nc1nn(C)nc1-c1ccc(Br)cc1)c1ccccc1. The van der Waals surface area contributed by atoms with Gasteiger partial charge in [-0.1, -0.05) is 58.4 Å². The van der Waals surface area contributed by atoms with E-state index in [2.05, 4.69) is 31.4 Å². The molecule has 25 heavy (non-hydrogen) atoms. The summed E-state index contributed by atoms with van der Waals surface area (Å²) in [6, 6.07) is 17.2. The van der Waals surface area contributed by atoms with Gasteiger partial charge in [0.15, 0.2) is 5.82 Å². The Bertz CT molecular complexity index is 863. The molecule has 1 N–H and O–H groups in total. The molecule has 0 saturated carbocycles. The Balaban J connectivity index is 1.74. The van der Waals surface area contributed by atoms with E-state index in [0.717, 1.165) is 15.6 Å². The van der Waals surface area contributed by atoms with Gasteiger partial charge in [-0.2, -0.15) is 9.90 Å². The Labute approximate surface area is 153 Å². The fourth-order valence-electron chi connectivity index (χ4n) is 2.37. The van der Waals surface area contributed by atoms with Crippen molar-refractivity contribution in [3.05, 3.63) is 64.6 Å². The maximum absolute atomic E-state index is 12.2. The van der Waals surface area contributed by atoms with Crippen LogP contribution in [0.3, 0.4) is 0 Å². The quantitative estimate of drug-likeness (QED) is 0.696. The summed E-state index contributed by atoms with van der Waals surface area (Å²) in [5.74, 6) is 0.357. The van der Waals surface area contributed by atoms with E-state index in [4.69, 9.17) is 4.74 Å². The topological polar surface area (TPSA) is 69.0 Å². The first-order valence-corrected chi connectivity index (χ1v) is 8.52. The minimum atomic E-state index is -0.574. The standard InChI is InChI=1S/C18H17BrN4O2/c1-12(13-6-4-3-5-7-13)25-18(24)20-17-16(21-23(2)22-17)14-8-10-15(19)11-9-14/h3-12H,1-2H3,(H,20,22,24). The van der Waals surface area contributed by atoms with Crippen LogP contribution in [0.2, 0.25) is 0 Å². The van der Waals surface area contributed by atoms with Gasteiger partial charge in [0.2, 0.25) is 0 Å². The number of hydrogen-bond acceptors (Lipinski definition) is 4. The molecule has 2 aromatic carbocycles. The van der Waals surface area contributed by atoms with Crippen molar-refractivity contribution in [3.63, 3.8) is 0 Å². The van der Waals surface area contributed by atoms with Crippen LogP contribution in [0.4, 0.5) is 10.6 Å². The van der Waals surface area contributed by atoms with Gasteiger partial charge in [-0.15, -0.1) is 5.10 Å². The molecule has 0 spiro atoms. The molecule has 128 valence electrons. The lowest BCUT2D eigenvalue weighted by Crippen LogP contribution is -2.17. The Hall–Kier alpha value is -2.67. The summed E-state index contributed by atoms with van der Waals surface area (Å²) in [5, 5.41) is 11.2. The van der Waals surface area contributed by atoms with E-state index in [0.29, 0.717) is 11.5 Å². The molecule has 1 aromatic heterocycles. The predicted molar refractivity (Wildman–Crippen MR) is 99.1 cm³/mol. The molecule has 0 aliphatic heterocycles. The minimum absolute atomic E-state index is 0.357. The molecule has 1 unspecified atom stereocenters. The summed E-state index contributed by atoms with van der Waals surface area (Å²) < 4.78 is 6.39. The van der Waals surface area contributed by atoms with Crippen molar-refractivity contribution in [2.75, 3.05) is 5.32 Å². The first kappa shape index (κ1) is 17.2. The summed E-state index contributed by atoms with van der Waals surface area (Å²) in [7, 11) is 1.70. The number of carbonyl (C=O) groups excluding carboxylic acids is 1. The summed E-state index contributed by atoms with van der Waals surface area (Å²) >= 11 is 3.40. The average Bonchev–Trinajstić information content (AvgIpc) is 2.96. The van der Waals surface area contributed by atoms with E-state index < -0.39 is 6.09 Å². The van der Waals surface area contributed by atoms with Crippen LogP contribution in [-0.2, 0) is 11.8 Å². The highest BCUT2D eigenvalue weighted by Crippen LogP contribution is 2.26. The highest BCUT2D eigenvalue weighted by Gasteiger charge is 2.17. The first-order chi connectivity index (χ1) is 12.0. The van der Waals surface area contributed by atoms with Crippen molar-refractivity contribution in [1.29, 1.82) is 0 Å². The molecule has 0 aliphatic carbocycles. The number of anilines is 1. The molecule has 1 amide bonds. The molecule has 0 bridgehead atoms. The lowest BCUT2D eigenvalue weighted by molar-refractivity contribution is 0.121. The molecule has 6 nitrogen and oxygen atoms in total. The van der Waals surface area contributed by atoms with E-state index in [-0.39, 0.29) is 6.10 Å². The van der Waals surface area contributed by atoms with Crippen LogP contribution in [-0.4, -0.2) is 21.1 Å². The summed E-state index contributed by atoms with van der Waals surface area (Å²) in [6.07, 6.45) is -0.941. The number of hydrogen-bond donors (Lipinski definition) is 1. The van der Waals surface area contributed by atoms with Gasteiger partial charge in [0, 0.05) is 17.1 Å². The molecule has 0 radical (unpaired) electrons. The van der Waals surface area contributed by atoms with Crippen molar-refractivity contribution >= 4 is 27.8 Å². The number of aryl methyl sites for hydroxylation is 1. The van der Waals surface area contributed by atoms with Crippen LogP contribution >= 0.6 is 15.9 Å². The number of nitrogens with one attached hydrogen (secondary N) is 1. The van der Waals surface area contributed by atoms with E-state index in [1.807, 2.05) is 61.5 Å². The fraction of sp³-hybridized carbons (Fsp3) is 0.167. The number of amides is 1. The van der Waals surface area contributed by atoms with Gasteiger partial charge >= 0.3 is 6.09 Å². The maximum Gasteiger partial charge on any atom is 0.413 e. The summed E-state index contributed by atoms with van der Waals surface area (Å²) in [6.45, 7) is 1.82. The molecule has 0 fully saturated rings. The molecular formula is C18H17BrN4O2. The number of carbonyl (C=O) groups is 1. The van der Waals surface area contributed by atoms with Gasteiger partial charge in [0.05, 0.1) is 0 Å². The fourth-order valence-corrected chi connectivity index (χ4v) is 2.64. The number of ether oxygens (including phenoxy) is 1. The normalized spacial score (nSPS) is 11.8. The minimum Gasteiger partial charge on any atom is -0.441 e. The Morgan fingerprint density at radius 3 is 2.48 bits per heavy atom. The Morgan fingerprint density at radius 2 is 1.80 bits per heavy atom. The van der Waals surface area contributed by atoms with Gasteiger partial charge in [0.1, 0.15) is 11.8 Å². The molecule has 3 rings (SSSR count). The van der Waals surface area contributed by atoms with E-state index in [1.54, 1.807) is 7.05 Å². The van der Waals surface area contributed by atoms with Crippen LogP contribution < -0.4 is 5.32 Å². The molecule has 1 heterocycles. The number of halogens is 1.